The molecule has 0 saturated carbocycles. The van der Waals surface area contributed by atoms with Gasteiger partial charge in [0, 0.05) is 25.9 Å². The molecule has 6 heteroatoms. The van der Waals surface area contributed by atoms with E-state index in [1.165, 1.54) is 13.8 Å². The van der Waals surface area contributed by atoms with Gasteiger partial charge in [-0.1, -0.05) is 0 Å². The number of esters is 2. The first-order valence-corrected chi connectivity index (χ1v) is 6.16. The summed E-state index contributed by atoms with van der Waals surface area (Å²) in [6, 6.07) is 0.425. The average molecular weight is 278 g/mol. The summed E-state index contributed by atoms with van der Waals surface area (Å²) in [5.41, 5.74) is 0. The van der Waals surface area contributed by atoms with Gasteiger partial charge in [-0.15, -0.1) is 12.4 Å². The van der Waals surface area contributed by atoms with Crippen LogP contribution >= 0.6 is 12.4 Å². The Morgan fingerprint density at radius 2 is 1.28 bits per heavy atom. The number of piperidine rings is 2. The van der Waals surface area contributed by atoms with E-state index in [0.29, 0.717) is 0 Å². The fourth-order valence-electron chi connectivity index (χ4n) is 2.83. The zero-order chi connectivity index (χ0) is 12.4. The molecule has 5 nitrogen and oxygen atoms in total. The largest absolute Gasteiger partial charge is 0.461 e. The normalized spacial score (nSPS) is 34.1. The molecule has 2 bridgehead atoms. The molecule has 4 atom stereocenters. The minimum absolute atomic E-state index is 0. The molecule has 0 aromatic rings. The predicted molar refractivity (Wildman–Crippen MR) is 67.5 cm³/mol. The molecule has 0 spiro atoms. The second kappa shape index (κ2) is 6.38. The van der Waals surface area contributed by atoms with Gasteiger partial charge in [-0.05, 0) is 25.7 Å². The van der Waals surface area contributed by atoms with Crippen molar-refractivity contribution in [2.24, 2.45) is 0 Å². The van der Waals surface area contributed by atoms with Crippen molar-refractivity contribution in [2.45, 2.75) is 63.8 Å². The Hall–Kier alpha value is -0.810. The number of nitrogens with one attached hydrogen (secondary N) is 1. The molecule has 18 heavy (non-hydrogen) atoms. The lowest BCUT2D eigenvalue weighted by atomic mass is 9.83. The average Bonchev–Trinajstić information content (AvgIpc) is 2.24. The summed E-state index contributed by atoms with van der Waals surface area (Å²) < 4.78 is 10.6. The molecule has 2 fully saturated rings. The van der Waals surface area contributed by atoms with Crippen LogP contribution in [-0.2, 0) is 19.1 Å². The van der Waals surface area contributed by atoms with Gasteiger partial charge in [0.05, 0.1) is 0 Å². The van der Waals surface area contributed by atoms with Crippen molar-refractivity contribution in [3.8, 4) is 0 Å². The first-order chi connectivity index (χ1) is 8.06. The van der Waals surface area contributed by atoms with Crippen LogP contribution in [0, 0.1) is 0 Å². The zero-order valence-electron chi connectivity index (χ0n) is 10.7. The molecule has 1 N–H and O–H groups in total. The van der Waals surface area contributed by atoms with E-state index in [0.717, 1.165) is 25.7 Å². The Labute approximate surface area is 113 Å². The molecule has 0 amide bonds. The molecule has 104 valence electrons. The molecular formula is C12H20ClNO4. The van der Waals surface area contributed by atoms with Crippen LogP contribution in [-0.4, -0.2) is 36.2 Å². The summed E-state index contributed by atoms with van der Waals surface area (Å²) in [7, 11) is 0. The van der Waals surface area contributed by atoms with E-state index in [-0.39, 0.29) is 48.6 Å². The summed E-state index contributed by atoms with van der Waals surface area (Å²) in [5.74, 6) is -0.449. The fraction of sp³-hybridized carbons (Fsp3) is 0.833. The molecule has 2 saturated heterocycles. The fourth-order valence-corrected chi connectivity index (χ4v) is 2.83. The Balaban J connectivity index is 0.00000162. The molecule has 0 aliphatic carbocycles. The molecule has 2 rings (SSSR count). The van der Waals surface area contributed by atoms with Crippen molar-refractivity contribution in [1.82, 2.24) is 5.32 Å². The van der Waals surface area contributed by atoms with Gasteiger partial charge in [0.2, 0.25) is 0 Å². The molecule has 2 heterocycles. The van der Waals surface area contributed by atoms with Gasteiger partial charge in [-0.3, -0.25) is 9.59 Å². The maximum absolute atomic E-state index is 11.0. The molecule has 2 aliphatic heterocycles. The molecular weight excluding hydrogens is 258 g/mol. The second-order valence-electron chi connectivity index (χ2n) is 4.83. The Morgan fingerprint density at radius 1 is 0.889 bits per heavy atom. The summed E-state index contributed by atoms with van der Waals surface area (Å²) in [5, 5.41) is 3.41. The predicted octanol–water partition coefficient (Wildman–Crippen LogP) is 1.19. The highest BCUT2D eigenvalue weighted by Gasteiger charge is 2.40. The van der Waals surface area contributed by atoms with Crippen LogP contribution in [0.2, 0.25) is 0 Å². The molecule has 0 unspecified atom stereocenters. The summed E-state index contributed by atoms with van der Waals surface area (Å²) >= 11 is 0. The lowest BCUT2D eigenvalue weighted by molar-refractivity contribution is -0.156. The van der Waals surface area contributed by atoms with Crippen LogP contribution in [0.4, 0.5) is 0 Å². The van der Waals surface area contributed by atoms with Gasteiger partial charge in [0.1, 0.15) is 12.2 Å². The minimum atomic E-state index is -0.225. The number of carbonyl (C=O) groups excluding carboxylic acids is 2. The minimum Gasteiger partial charge on any atom is -0.461 e. The van der Waals surface area contributed by atoms with Crippen LogP contribution in [0.3, 0.4) is 0 Å². The number of hydrogen-bond acceptors (Lipinski definition) is 5. The number of rotatable bonds is 2. The van der Waals surface area contributed by atoms with Gasteiger partial charge in [-0.2, -0.15) is 0 Å². The highest BCUT2D eigenvalue weighted by Crippen LogP contribution is 2.29. The van der Waals surface area contributed by atoms with E-state index in [4.69, 9.17) is 9.47 Å². The molecule has 2 aliphatic rings. The number of ether oxygens (including phenoxy) is 2. The highest BCUT2D eigenvalue weighted by molar-refractivity contribution is 5.85. The van der Waals surface area contributed by atoms with Crippen molar-refractivity contribution in [1.29, 1.82) is 0 Å². The SMILES string of the molecule is CC(=O)O[C@@H]1CC[C@H]2N[C@@H]1CC[C@H]2OC(C)=O.Cl. The molecule has 0 aromatic heterocycles. The van der Waals surface area contributed by atoms with E-state index in [1.54, 1.807) is 0 Å². The van der Waals surface area contributed by atoms with Crippen molar-refractivity contribution < 1.29 is 19.1 Å². The second-order valence-corrected chi connectivity index (χ2v) is 4.83. The van der Waals surface area contributed by atoms with E-state index >= 15 is 0 Å². The van der Waals surface area contributed by atoms with E-state index in [9.17, 15) is 9.59 Å². The summed E-state index contributed by atoms with van der Waals surface area (Å²) in [6.45, 7) is 2.88. The summed E-state index contributed by atoms with van der Waals surface area (Å²) in [6.07, 6.45) is 3.40. The smallest absolute Gasteiger partial charge is 0.302 e. The lowest BCUT2D eigenvalue weighted by Crippen LogP contribution is -2.60. The van der Waals surface area contributed by atoms with E-state index < -0.39 is 0 Å². The number of carbonyl (C=O) groups is 2. The number of halogens is 1. The van der Waals surface area contributed by atoms with Crippen LogP contribution in [0.25, 0.3) is 0 Å². The molecule has 0 radical (unpaired) electrons. The van der Waals surface area contributed by atoms with Gasteiger partial charge in [0.15, 0.2) is 0 Å². The van der Waals surface area contributed by atoms with Crippen LogP contribution in [0.1, 0.15) is 39.5 Å². The van der Waals surface area contributed by atoms with Gasteiger partial charge < -0.3 is 14.8 Å². The van der Waals surface area contributed by atoms with Crippen LogP contribution < -0.4 is 5.32 Å². The van der Waals surface area contributed by atoms with Crippen LogP contribution in [0.5, 0.6) is 0 Å². The van der Waals surface area contributed by atoms with Crippen molar-refractivity contribution in [3.63, 3.8) is 0 Å². The van der Waals surface area contributed by atoms with Gasteiger partial charge in [-0.25, -0.2) is 0 Å². The third-order valence-corrected chi connectivity index (χ3v) is 3.48. The van der Waals surface area contributed by atoms with Crippen LogP contribution in [0.15, 0.2) is 0 Å². The highest BCUT2D eigenvalue weighted by atomic mass is 35.5. The standard InChI is InChI=1S/C12H19NO4.ClH/c1-7(14)16-11-5-3-10-12(17-8(2)15)6-4-9(11)13-10;/h9-13H,3-6H2,1-2H3;1H/t9-,10-,11-,12-;/m1./s1. The van der Waals surface area contributed by atoms with E-state index in [1.807, 2.05) is 0 Å². The summed E-state index contributed by atoms with van der Waals surface area (Å²) in [4.78, 5) is 21.9. The maximum Gasteiger partial charge on any atom is 0.302 e. The Morgan fingerprint density at radius 3 is 1.61 bits per heavy atom. The Kier molecular flexibility index (Phi) is 5.41. The Bertz CT molecular complexity index is 293. The first-order valence-electron chi connectivity index (χ1n) is 6.16. The third-order valence-electron chi connectivity index (χ3n) is 3.48. The zero-order valence-corrected chi connectivity index (χ0v) is 11.5. The topological polar surface area (TPSA) is 64.6 Å². The number of hydrogen-bond donors (Lipinski definition) is 1. The monoisotopic (exact) mass is 277 g/mol. The quantitative estimate of drug-likeness (QED) is 0.768. The number of fused-ring (bicyclic) bond motifs is 2. The van der Waals surface area contributed by atoms with Crippen molar-refractivity contribution in [2.75, 3.05) is 0 Å². The molecule has 0 aromatic carbocycles. The first kappa shape index (κ1) is 15.2. The maximum atomic E-state index is 11.0. The third kappa shape index (κ3) is 3.59. The lowest BCUT2D eigenvalue weighted by Gasteiger charge is -2.44. The van der Waals surface area contributed by atoms with Crippen molar-refractivity contribution >= 4 is 24.3 Å². The van der Waals surface area contributed by atoms with E-state index in [2.05, 4.69) is 5.32 Å². The van der Waals surface area contributed by atoms with Gasteiger partial charge in [0.25, 0.3) is 0 Å². The van der Waals surface area contributed by atoms with Crippen molar-refractivity contribution in [3.05, 3.63) is 0 Å². The van der Waals surface area contributed by atoms with Gasteiger partial charge >= 0.3 is 11.9 Å².